The fourth-order valence-corrected chi connectivity index (χ4v) is 1.64. The smallest absolute Gasteiger partial charge is 0.225 e. The Labute approximate surface area is 76.5 Å². The van der Waals surface area contributed by atoms with E-state index in [1.54, 1.807) is 0 Å². The highest BCUT2D eigenvalue weighted by molar-refractivity contribution is 5.83. The normalized spacial score (nSPS) is 20.2. The zero-order chi connectivity index (χ0) is 9.26. The first-order valence-corrected chi connectivity index (χ1v) is 4.30. The van der Waals surface area contributed by atoms with E-state index in [2.05, 4.69) is 0 Å². The molecule has 1 atom stereocenters. The SMILES string of the molecule is NC(=O)C1CCOc2ccccc21. The summed E-state index contributed by atoms with van der Waals surface area (Å²) in [5.41, 5.74) is 6.21. The predicted molar refractivity (Wildman–Crippen MR) is 48.5 cm³/mol. The number of benzene rings is 1. The Hall–Kier alpha value is -1.51. The number of carbonyl (C=O) groups is 1. The Balaban J connectivity index is 2.42. The van der Waals surface area contributed by atoms with Crippen LogP contribution in [0.3, 0.4) is 0 Å². The Morgan fingerprint density at radius 2 is 2.23 bits per heavy atom. The molecule has 2 rings (SSSR count). The lowest BCUT2D eigenvalue weighted by Gasteiger charge is -2.23. The van der Waals surface area contributed by atoms with E-state index >= 15 is 0 Å². The van der Waals surface area contributed by atoms with Crippen LogP contribution in [0.2, 0.25) is 0 Å². The lowest BCUT2D eigenvalue weighted by molar-refractivity contribution is -0.120. The number of para-hydroxylation sites is 1. The lowest BCUT2D eigenvalue weighted by atomic mass is 9.93. The number of carbonyl (C=O) groups excluding carboxylic acids is 1. The van der Waals surface area contributed by atoms with Gasteiger partial charge in [0.1, 0.15) is 5.75 Å². The van der Waals surface area contributed by atoms with Gasteiger partial charge in [-0.1, -0.05) is 18.2 Å². The maximum atomic E-state index is 11.1. The molecule has 13 heavy (non-hydrogen) atoms. The van der Waals surface area contributed by atoms with E-state index in [0.717, 1.165) is 11.3 Å². The van der Waals surface area contributed by atoms with Crippen molar-refractivity contribution in [3.63, 3.8) is 0 Å². The fourth-order valence-electron chi connectivity index (χ4n) is 1.64. The Bertz CT molecular complexity index is 335. The van der Waals surface area contributed by atoms with Crippen LogP contribution in [0, 0.1) is 0 Å². The third-order valence-corrected chi connectivity index (χ3v) is 2.30. The number of nitrogens with two attached hydrogens (primary N) is 1. The van der Waals surface area contributed by atoms with Gasteiger partial charge < -0.3 is 10.5 Å². The van der Waals surface area contributed by atoms with Gasteiger partial charge in [0.25, 0.3) is 0 Å². The van der Waals surface area contributed by atoms with Crippen LogP contribution in [0.15, 0.2) is 24.3 Å². The van der Waals surface area contributed by atoms with Crippen molar-refractivity contribution >= 4 is 5.91 Å². The molecule has 0 spiro atoms. The zero-order valence-corrected chi connectivity index (χ0v) is 7.19. The molecule has 0 radical (unpaired) electrons. The molecule has 1 aliphatic rings. The Morgan fingerprint density at radius 3 is 3.00 bits per heavy atom. The summed E-state index contributed by atoms with van der Waals surface area (Å²) in [6.07, 6.45) is 0.687. The van der Waals surface area contributed by atoms with Crippen molar-refractivity contribution in [1.29, 1.82) is 0 Å². The summed E-state index contributed by atoms with van der Waals surface area (Å²) >= 11 is 0. The van der Waals surface area contributed by atoms with Crippen molar-refractivity contribution in [2.24, 2.45) is 5.73 Å². The van der Waals surface area contributed by atoms with Crippen LogP contribution in [0.5, 0.6) is 5.75 Å². The molecular formula is C10H11NO2. The average molecular weight is 177 g/mol. The van der Waals surface area contributed by atoms with E-state index in [1.165, 1.54) is 0 Å². The molecule has 3 nitrogen and oxygen atoms in total. The molecule has 0 bridgehead atoms. The van der Waals surface area contributed by atoms with Crippen LogP contribution in [-0.4, -0.2) is 12.5 Å². The predicted octanol–water partition coefficient (Wildman–Crippen LogP) is 1.04. The minimum atomic E-state index is -0.268. The van der Waals surface area contributed by atoms with Gasteiger partial charge in [0.2, 0.25) is 5.91 Å². The molecule has 1 aromatic rings. The van der Waals surface area contributed by atoms with Crippen molar-refractivity contribution in [3.8, 4) is 5.75 Å². The second-order valence-corrected chi connectivity index (χ2v) is 3.13. The number of hydrogen-bond acceptors (Lipinski definition) is 2. The van der Waals surface area contributed by atoms with Crippen molar-refractivity contribution in [2.45, 2.75) is 12.3 Å². The maximum Gasteiger partial charge on any atom is 0.225 e. The summed E-state index contributed by atoms with van der Waals surface area (Å²) in [5.74, 6) is 0.346. The lowest BCUT2D eigenvalue weighted by Crippen LogP contribution is -2.26. The van der Waals surface area contributed by atoms with Crippen LogP contribution >= 0.6 is 0 Å². The summed E-state index contributed by atoms with van der Waals surface area (Å²) < 4.78 is 5.40. The van der Waals surface area contributed by atoms with Crippen LogP contribution in [-0.2, 0) is 4.79 Å². The van der Waals surface area contributed by atoms with Gasteiger partial charge in [-0.2, -0.15) is 0 Å². The van der Waals surface area contributed by atoms with Gasteiger partial charge in [-0.05, 0) is 12.5 Å². The highest BCUT2D eigenvalue weighted by Gasteiger charge is 2.24. The van der Waals surface area contributed by atoms with Crippen molar-refractivity contribution in [1.82, 2.24) is 0 Å². The number of rotatable bonds is 1. The minimum absolute atomic E-state index is 0.176. The molecule has 1 aliphatic heterocycles. The van der Waals surface area contributed by atoms with Gasteiger partial charge >= 0.3 is 0 Å². The van der Waals surface area contributed by atoms with Crippen LogP contribution in [0.4, 0.5) is 0 Å². The Morgan fingerprint density at radius 1 is 1.46 bits per heavy atom. The largest absolute Gasteiger partial charge is 0.493 e. The molecule has 2 N–H and O–H groups in total. The summed E-state index contributed by atoms with van der Waals surface area (Å²) in [4.78, 5) is 11.1. The number of hydrogen-bond donors (Lipinski definition) is 1. The second-order valence-electron chi connectivity index (χ2n) is 3.13. The van der Waals surface area contributed by atoms with Crippen LogP contribution in [0.25, 0.3) is 0 Å². The molecule has 68 valence electrons. The van der Waals surface area contributed by atoms with Gasteiger partial charge in [-0.3, -0.25) is 4.79 Å². The summed E-state index contributed by atoms with van der Waals surface area (Å²) in [5, 5.41) is 0. The summed E-state index contributed by atoms with van der Waals surface area (Å²) in [6, 6.07) is 7.54. The van der Waals surface area contributed by atoms with Gasteiger partial charge in [-0.15, -0.1) is 0 Å². The molecule has 1 unspecified atom stereocenters. The zero-order valence-electron chi connectivity index (χ0n) is 7.19. The molecule has 1 aromatic carbocycles. The van der Waals surface area contributed by atoms with E-state index in [0.29, 0.717) is 13.0 Å². The molecule has 3 heteroatoms. The summed E-state index contributed by atoms with van der Waals surface area (Å²) in [7, 11) is 0. The third-order valence-electron chi connectivity index (χ3n) is 2.30. The monoisotopic (exact) mass is 177 g/mol. The molecule has 0 aromatic heterocycles. The number of amides is 1. The molecular weight excluding hydrogens is 166 g/mol. The van der Waals surface area contributed by atoms with Crippen LogP contribution < -0.4 is 10.5 Å². The van der Waals surface area contributed by atoms with Crippen molar-refractivity contribution < 1.29 is 9.53 Å². The highest BCUT2D eigenvalue weighted by atomic mass is 16.5. The van der Waals surface area contributed by atoms with Gasteiger partial charge in [0.15, 0.2) is 0 Å². The first-order valence-electron chi connectivity index (χ1n) is 4.30. The van der Waals surface area contributed by atoms with E-state index in [1.807, 2.05) is 24.3 Å². The quantitative estimate of drug-likeness (QED) is 0.696. The first kappa shape index (κ1) is 8.10. The van der Waals surface area contributed by atoms with Crippen molar-refractivity contribution in [3.05, 3.63) is 29.8 Å². The third kappa shape index (κ3) is 1.37. The van der Waals surface area contributed by atoms with E-state index in [-0.39, 0.29) is 11.8 Å². The molecule has 0 aliphatic carbocycles. The maximum absolute atomic E-state index is 11.1. The van der Waals surface area contributed by atoms with Crippen molar-refractivity contribution in [2.75, 3.05) is 6.61 Å². The summed E-state index contributed by atoms with van der Waals surface area (Å²) in [6.45, 7) is 0.574. The molecule has 1 amide bonds. The van der Waals surface area contributed by atoms with E-state index < -0.39 is 0 Å². The van der Waals surface area contributed by atoms with Gasteiger partial charge in [0.05, 0.1) is 12.5 Å². The average Bonchev–Trinajstić information content (AvgIpc) is 2.17. The topological polar surface area (TPSA) is 52.3 Å². The molecule has 0 saturated heterocycles. The number of fused-ring (bicyclic) bond motifs is 1. The first-order chi connectivity index (χ1) is 6.29. The second kappa shape index (κ2) is 3.09. The van der Waals surface area contributed by atoms with Crippen LogP contribution in [0.1, 0.15) is 17.9 Å². The molecule has 1 heterocycles. The fraction of sp³-hybridized carbons (Fsp3) is 0.300. The number of primary amides is 1. The van der Waals surface area contributed by atoms with Gasteiger partial charge in [-0.25, -0.2) is 0 Å². The molecule has 0 saturated carbocycles. The molecule has 0 fully saturated rings. The van der Waals surface area contributed by atoms with Gasteiger partial charge in [0, 0.05) is 5.56 Å². The standard InChI is InChI=1S/C10H11NO2/c11-10(12)8-5-6-13-9-4-2-1-3-7(8)9/h1-4,8H,5-6H2,(H2,11,12). The highest BCUT2D eigenvalue weighted by Crippen LogP contribution is 2.32. The number of ether oxygens (including phenoxy) is 1. The van der Waals surface area contributed by atoms with E-state index in [4.69, 9.17) is 10.5 Å². The minimum Gasteiger partial charge on any atom is -0.493 e. The Kier molecular flexibility index (Phi) is 1.93. The van der Waals surface area contributed by atoms with E-state index in [9.17, 15) is 4.79 Å².